The van der Waals surface area contributed by atoms with Crippen molar-refractivity contribution in [2.45, 2.75) is 25.3 Å². The van der Waals surface area contributed by atoms with Crippen molar-refractivity contribution < 1.29 is 19.5 Å². The van der Waals surface area contributed by atoms with Crippen LogP contribution in [0.15, 0.2) is 67.1 Å². The third-order valence-electron chi connectivity index (χ3n) is 4.87. The van der Waals surface area contributed by atoms with Crippen molar-refractivity contribution in [3.05, 3.63) is 89.0 Å². The number of Topliss-reactive ketones (excluding diaryl/α,β-unsaturated/α-hetero) is 1. The Labute approximate surface area is 184 Å². The number of hydrogen-bond acceptors (Lipinski definition) is 4. The summed E-state index contributed by atoms with van der Waals surface area (Å²) in [7, 11) is 0. The second-order valence-corrected chi connectivity index (χ2v) is 7.64. The number of carboxylic acid groups (broad SMARTS) is 1. The van der Waals surface area contributed by atoms with Crippen LogP contribution in [0.1, 0.15) is 28.0 Å². The molecule has 0 radical (unpaired) electrons. The quantitative estimate of drug-likeness (QED) is 0.419. The lowest BCUT2D eigenvalue weighted by atomic mass is 9.91. The number of aliphatic carboxylic acids is 1. The van der Waals surface area contributed by atoms with Gasteiger partial charge in [0.2, 0.25) is 5.91 Å². The van der Waals surface area contributed by atoms with Gasteiger partial charge in [0.25, 0.3) is 0 Å². The number of halogens is 1. The maximum Gasteiger partial charge on any atom is 0.326 e. The number of hydrogen-bond donors (Lipinski definition) is 3. The molecule has 3 N–H and O–H groups in total. The summed E-state index contributed by atoms with van der Waals surface area (Å²) >= 11 is 5.98. The Balaban J connectivity index is 1.77. The number of H-pyrrole nitrogens is 1. The number of carboxylic acids is 1. The summed E-state index contributed by atoms with van der Waals surface area (Å²) in [6, 6.07) is 14.7. The number of aromatic nitrogens is 2. The van der Waals surface area contributed by atoms with Crippen molar-refractivity contribution in [1.29, 1.82) is 0 Å². The lowest BCUT2D eigenvalue weighted by Gasteiger charge is -2.20. The molecule has 2 aromatic carbocycles. The molecule has 3 rings (SSSR count). The van der Waals surface area contributed by atoms with Gasteiger partial charge >= 0.3 is 5.97 Å². The second kappa shape index (κ2) is 10.5. The first-order valence-electron chi connectivity index (χ1n) is 9.75. The summed E-state index contributed by atoms with van der Waals surface area (Å²) in [4.78, 5) is 44.2. The molecule has 0 aliphatic carbocycles. The zero-order valence-corrected chi connectivity index (χ0v) is 17.4. The first kappa shape index (κ1) is 22.2. The number of ketones is 1. The summed E-state index contributed by atoms with van der Waals surface area (Å²) in [5.41, 5.74) is 1.87. The van der Waals surface area contributed by atoms with Gasteiger partial charge in [-0.25, -0.2) is 9.78 Å². The van der Waals surface area contributed by atoms with Crippen LogP contribution in [-0.4, -0.2) is 38.8 Å². The van der Waals surface area contributed by atoms with Crippen LogP contribution in [0.5, 0.6) is 0 Å². The van der Waals surface area contributed by atoms with Crippen molar-refractivity contribution in [3.63, 3.8) is 0 Å². The molecular formula is C23H22ClN3O4. The number of carbonyl (C=O) groups is 3. The highest BCUT2D eigenvalue weighted by molar-refractivity contribution is 6.31. The molecule has 1 unspecified atom stereocenters. The summed E-state index contributed by atoms with van der Waals surface area (Å²) in [5, 5.41) is 12.6. The number of rotatable bonds is 10. The smallest absolute Gasteiger partial charge is 0.326 e. The van der Waals surface area contributed by atoms with Gasteiger partial charge in [-0.05, 0) is 24.1 Å². The molecule has 7 nitrogen and oxygen atoms in total. The summed E-state index contributed by atoms with van der Waals surface area (Å²) < 4.78 is 0. The Bertz CT molecular complexity index is 1040. The molecule has 3 aromatic rings. The highest BCUT2D eigenvalue weighted by Gasteiger charge is 2.28. The fourth-order valence-corrected chi connectivity index (χ4v) is 3.46. The van der Waals surface area contributed by atoms with E-state index in [0.29, 0.717) is 22.7 Å². The van der Waals surface area contributed by atoms with E-state index in [2.05, 4.69) is 15.3 Å². The lowest BCUT2D eigenvalue weighted by molar-refractivity contribution is -0.142. The number of imidazole rings is 1. The molecule has 1 aromatic heterocycles. The number of amides is 1. The van der Waals surface area contributed by atoms with Gasteiger partial charge in [0, 0.05) is 41.2 Å². The van der Waals surface area contributed by atoms with E-state index < -0.39 is 23.8 Å². The molecule has 0 bridgehead atoms. The highest BCUT2D eigenvalue weighted by Crippen LogP contribution is 2.19. The summed E-state index contributed by atoms with van der Waals surface area (Å²) in [6.45, 7) is 0. The number of aromatic amines is 1. The fraction of sp³-hybridized carbons (Fsp3) is 0.217. The van der Waals surface area contributed by atoms with Gasteiger partial charge in [0.05, 0.1) is 6.33 Å². The molecule has 2 atom stereocenters. The maximum absolute atomic E-state index is 13.0. The van der Waals surface area contributed by atoms with Gasteiger partial charge in [0.1, 0.15) is 6.04 Å². The van der Waals surface area contributed by atoms with E-state index in [1.807, 2.05) is 30.3 Å². The van der Waals surface area contributed by atoms with Crippen LogP contribution in [0.3, 0.4) is 0 Å². The molecule has 0 aliphatic rings. The predicted octanol–water partition coefficient (Wildman–Crippen LogP) is 3.31. The topological polar surface area (TPSA) is 112 Å². The number of benzene rings is 2. The Morgan fingerprint density at radius 1 is 1.06 bits per heavy atom. The molecular weight excluding hydrogens is 418 g/mol. The zero-order chi connectivity index (χ0) is 22.2. The van der Waals surface area contributed by atoms with Gasteiger partial charge in [-0.2, -0.15) is 0 Å². The first-order valence-corrected chi connectivity index (χ1v) is 10.1. The minimum atomic E-state index is -1.16. The van der Waals surface area contributed by atoms with E-state index in [0.717, 1.165) is 5.56 Å². The van der Waals surface area contributed by atoms with E-state index in [1.54, 1.807) is 24.3 Å². The number of carbonyl (C=O) groups excluding carboxylic acids is 2. The van der Waals surface area contributed by atoms with Crippen LogP contribution < -0.4 is 5.32 Å². The molecule has 160 valence electrons. The minimum Gasteiger partial charge on any atom is -0.480 e. The average Bonchev–Trinajstić information content (AvgIpc) is 3.26. The SMILES string of the molecule is O=C(CC(Cc1ccccc1)C(=O)N[C@H](Cc1cnc[nH]1)C(=O)O)c1cccc(Cl)c1. The lowest BCUT2D eigenvalue weighted by Crippen LogP contribution is -2.45. The van der Waals surface area contributed by atoms with Crippen molar-refractivity contribution in [2.24, 2.45) is 5.92 Å². The molecule has 1 amide bonds. The number of nitrogens with one attached hydrogen (secondary N) is 2. The number of nitrogens with zero attached hydrogens (tertiary/aromatic N) is 1. The molecule has 0 saturated heterocycles. The van der Waals surface area contributed by atoms with E-state index >= 15 is 0 Å². The second-order valence-electron chi connectivity index (χ2n) is 7.20. The highest BCUT2D eigenvalue weighted by atomic mass is 35.5. The van der Waals surface area contributed by atoms with Crippen molar-refractivity contribution in [1.82, 2.24) is 15.3 Å². The van der Waals surface area contributed by atoms with Gasteiger partial charge in [-0.1, -0.05) is 54.1 Å². The molecule has 31 heavy (non-hydrogen) atoms. The Morgan fingerprint density at radius 2 is 1.84 bits per heavy atom. The monoisotopic (exact) mass is 439 g/mol. The third-order valence-corrected chi connectivity index (χ3v) is 5.10. The molecule has 0 spiro atoms. The zero-order valence-electron chi connectivity index (χ0n) is 16.6. The Hall–Kier alpha value is -3.45. The Kier molecular flexibility index (Phi) is 7.56. The third kappa shape index (κ3) is 6.52. The standard InChI is InChI=1S/C23H22ClN3O4/c24-18-8-4-7-16(10-18)21(28)11-17(9-15-5-2-1-3-6-15)22(29)27-20(23(30)31)12-19-13-25-14-26-19/h1-8,10,13-14,17,20H,9,11-12H2,(H,25,26)(H,27,29)(H,30,31)/t17?,20-/m1/s1. The maximum atomic E-state index is 13.0. The largest absolute Gasteiger partial charge is 0.480 e. The van der Waals surface area contributed by atoms with E-state index in [-0.39, 0.29) is 18.6 Å². The van der Waals surface area contributed by atoms with Crippen molar-refractivity contribution >= 4 is 29.3 Å². The van der Waals surface area contributed by atoms with Gasteiger partial charge in [-0.3, -0.25) is 9.59 Å². The molecule has 1 heterocycles. The van der Waals surface area contributed by atoms with Crippen LogP contribution in [0.25, 0.3) is 0 Å². The molecule has 0 aliphatic heterocycles. The van der Waals surface area contributed by atoms with Crippen LogP contribution in [0, 0.1) is 5.92 Å². The van der Waals surface area contributed by atoms with Crippen LogP contribution >= 0.6 is 11.6 Å². The molecule has 8 heteroatoms. The van der Waals surface area contributed by atoms with Crippen LogP contribution in [-0.2, 0) is 22.4 Å². The summed E-state index contributed by atoms with van der Waals surface area (Å²) in [5.74, 6) is -2.63. The minimum absolute atomic E-state index is 0.0569. The van der Waals surface area contributed by atoms with E-state index in [9.17, 15) is 19.5 Å². The average molecular weight is 440 g/mol. The summed E-state index contributed by atoms with van der Waals surface area (Å²) in [6.07, 6.45) is 3.23. The van der Waals surface area contributed by atoms with Crippen molar-refractivity contribution in [3.8, 4) is 0 Å². The van der Waals surface area contributed by atoms with E-state index in [4.69, 9.17) is 11.6 Å². The van der Waals surface area contributed by atoms with Crippen molar-refractivity contribution in [2.75, 3.05) is 0 Å². The van der Waals surface area contributed by atoms with Gasteiger partial charge in [0.15, 0.2) is 5.78 Å². The Morgan fingerprint density at radius 3 is 2.48 bits per heavy atom. The van der Waals surface area contributed by atoms with Crippen LogP contribution in [0.4, 0.5) is 0 Å². The fourth-order valence-electron chi connectivity index (χ4n) is 3.27. The molecule has 0 fully saturated rings. The van der Waals surface area contributed by atoms with Gasteiger partial charge < -0.3 is 15.4 Å². The molecule has 0 saturated carbocycles. The normalized spacial score (nSPS) is 12.7. The van der Waals surface area contributed by atoms with E-state index in [1.165, 1.54) is 12.5 Å². The first-order chi connectivity index (χ1) is 14.9. The van der Waals surface area contributed by atoms with Crippen LogP contribution in [0.2, 0.25) is 5.02 Å². The predicted molar refractivity (Wildman–Crippen MR) is 116 cm³/mol. The van der Waals surface area contributed by atoms with Gasteiger partial charge in [-0.15, -0.1) is 0 Å².